The Morgan fingerprint density at radius 1 is 1.00 bits per heavy atom. The van der Waals surface area contributed by atoms with Gasteiger partial charge in [0, 0.05) is 18.8 Å². The molecule has 120 valence electrons. The number of halogens is 1. The molecule has 0 aliphatic rings. The summed E-state index contributed by atoms with van der Waals surface area (Å²) < 4.78 is 38.2. The fraction of sp³-hybridized carbons (Fsp3) is 0.600. The monoisotopic (exact) mass is 316 g/mol. The normalized spacial score (nSPS) is 12.4. The average molecular weight is 316 g/mol. The molecule has 6 heteroatoms. The molecule has 1 aromatic carbocycles. The molecule has 0 aliphatic heterocycles. The number of benzene rings is 1. The van der Waals surface area contributed by atoms with Gasteiger partial charge < -0.3 is 5.32 Å². The van der Waals surface area contributed by atoms with Gasteiger partial charge in [0.25, 0.3) is 0 Å². The van der Waals surface area contributed by atoms with Gasteiger partial charge in [0.05, 0.1) is 4.75 Å². The van der Waals surface area contributed by atoms with E-state index in [1.54, 1.807) is 32.9 Å². The molecule has 0 aromatic heterocycles. The van der Waals surface area contributed by atoms with Crippen molar-refractivity contribution >= 4 is 15.7 Å². The lowest BCUT2D eigenvalue weighted by Crippen LogP contribution is -2.39. The maximum absolute atomic E-state index is 12.7. The second-order valence-electron chi connectivity index (χ2n) is 6.00. The van der Waals surface area contributed by atoms with Crippen molar-refractivity contribution in [1.82, 2.24) is 4.72 Å². The third-order valence-electron chi connectivity index (χ3n) is 3.13. The van der Waals surface area contributed by atoms with E-state index in [1.807, 2.05) is 0 Å². The van der Waals surface area contributed by atoms with Crippen LogP contribution in [-0.4, -0.2) is 26.3 Å². The van der Waals surface area contributed by atoms with Gasteiger partial charge in [0.2, 0.25) is 10.0 Å². The summed E-state index contributed by atoms with van der Waals surface area (Å²) in [5, 5.41) is 3.20. The van der Waals surface area contributed by atoms with Crippen LogP contribution in [0.5, 0.6) is 0 Å². The van der Waals surface area contributed by atoms with Crippen molar-refractivity contribution in [1.29, 1.82) is 0 Å². The molecule has 0 bridgehead atoms. The molecule has 1 rings (SSSR count). The molecule has 0 fully saturated rings. The van der Waals surface area contributed by atoms with E-state index in [-0.39, 0.29) is 5.82 Å². The molecule has 0 radical (unpaired) electrons. The lowest BCUT2D eigenvalue weighted by Gasteiger charge is -2.19. The summed E-state index contributed by atoms with van der Waals surface area (Å²) in [6, 6.07) is 6.24. The Balaban J connectivity index is 2.12. The van der Waals surface area contributed by atoms with Crippen LogP contribution in [-0.2, 0) is 10.0 Å². The number of nitrogens with one attached hydrogen (secondary N) is 2. The summed E-state index contributed by atoms with van der Waals surface area (Å²) in [7, 11) is -3.24. The first-order chi connectivity index (χ1) is 9.72. The van der Waals surface area contributed by atoms with Crippen molar-refractivity contribution in [3.8, 4) is 0 Å². The fourth-order valence-electron chi connectivity index (χ4n) is 1.65. The van der Waals surface area contributed by atoms with E-state index in [2.05, 4.69) is 10.0 Å². The molecule has 0 aliphatic carbocycles. The fourth-order valence-corrected chi connectivity index (χ4v) is 2.50. The molecule has 1 aromatic rings. The van der Waals surface area contributed by atoms with Crippen molar-refractivity contribution in [2.24, 2.45) is 0 Å². The van der Waals surface area contributed by atoms with E-state index in [0.29, 0.717) is 6.54 Å². The topological polar surface area (TPSA) is 58.2 Å². The van der Waals surface area contributed by atoms with Crippen molar-refractivity contribution < 1.29 is 12.8 Å². The lowest BCUT2D eigenvalue weighted by molar-refractivity contribution is 0.540. The summed E-state index contributed by atoms with van der Waals surface area (Å²) in [6.45, 7) is 6.31. The zero-order valence-corrected chi connectivity index (χ0v) is 13.8. The predicted molar refractivity (Wildman–Crippen MR) is 85.4 cm³/mol. The van der Waals surface area contributed by atoms with Crippen LogP contribution in [0.4, 0.5) is 10.1 Å². The highest BCUT2D eigenvalue weighted by Crippen LogP contribution is 2.13. The number of hydrogen-bond donors (Lipinski definition) is 2. The van der Waals surface area contributed by atoms with Crippen LogP contribution >= 0.6 is 0 Å². The molecule has 0 unspecified atom stereocenters. The average Bonchev–Trinajstić information content (AvgIpc) is 2.38. The first kappa shape index (κ1) is 17.9. The van der Waals surface area contributed by atoms with Gasteiger partial charge in [0.15, 0.2) is 0 Å². The summed E-state index contributed by atoms with van der Waals surface area (Å²) in [5.41, 5.74) is 0.893. The Morgan fingerprint density at radius 3 is 2.14 bits per heavy atom. The minimum Gasteiger partial charge on any atom is -0.385 e. The molecule has 0 saturated heterocycles. The van der Waals surface area contributed by atoms with E-state index >= 15 is 0 Å². The van der Waals surface area contributed by atoms with Gasteiger partial charge in [-0.2, -0.15) is 0 Å². The minimum atomic E-state index is -3.24. The Hall–Kier alpha value is -1.14. The van der Waals surface area contributed by atoms with E-state index in [4.69, 9.17) is 0 Å². The molecular formula is C15H25FN2O2S. The molecule has 0 atom stereocenters. The number of unbranched alkanes of at least 4 members (excludes halogenated alkanes) is 2. The van der Waals surface area contributed by atoms with Crippen molar-refractivity contribution in [3.63, 3.8) is 0 Å². The lowest BCUT2D eigenvalue weighted by atomic mass is 10.2. The van der Waals surface area contributed by atoms with Gasteiger partial charge in [-0.05, 0) is 57.9 Å². The van der Waals surface area contributed by atoms with Crippen molar-refractivity contribution in [3.05, 3.63) is 30.1 Å². The first-order valence-electron chi connectivity index (χ1n) is 7.21. The van der Waals surface area contributed by atoms with E-state index in [1.165, 1.54) is 12.1 Å². The molecule has 0 amide bonds. The molecular weight excluding hydrogens is 291 g/mol. The highest BCUT2D eigenvalue weighted by atomic mass is 32.2. The molecule has 0 heterocycles. The van der Waals surface area contributed by atoms with Gasteiger partial charge >= 0.3 is 0 Å². The van der Waals surface area contributed by atoms with Crippen LogP contribution in [0.2, 0.25) is 0 Å². The largest absolute Gasteiger partial charge is 0.385 e. The molecule has 21 heavy (non-hydrogen) atoms. The number of anilines is 1. The van der Waals surface area contributed by atoms with Gasteiger partial charge in [-0.1, -0.05) is 6.42 Å². The van der Waals surface area contributed by atoms with Crippen LogP contribution in [0, 0.1) is 5.82 Å². The van der Waals surface area contributed by atoms with E-state index in [0.717, 1.165) is 31.5 Å². The highest BCUT2D eigenvalue weighted by molar-refractivity contribution is 7.90. The van der Waals surface area contributed by atoms with Crippen LogP contribution < -0.4 is 10.0 Å². The van der Waals surface area contributed by atoms with Gasteiger partial charge in [0.1, 0.15) is 5.82 Å². The summed E-state index contributed by atoms with van der Waals surface area (Å²) in [4.78, 5) is 0. The SMILES string of the molecule is CC(C)(C)S(=O)(=O)NCCCCCNc1ccc(F)cc1. The molecule has 0 saturated carbocycles. The van der Waals surface area contributed by atoms with E-state index in [9.17, 15) is 12.8 Å². The number of hydrogen-bond acceptors (Lipinski definition) is 3. The second-order valence-corrected chi connectivity index (χ2v) is 8.52. The van der Waals surface area contributed by atoms with Gasteiger partial charge in [-0.15, -0.1) is 0 Å². The van der Waals surface area contributed by atoms with Crippen LogP contribution in [0.25, 0.3) is 0 Å². The Labute approximate surface area is 127 Å². The third kappa shape index (κ3) is 6.44. The molecule has 2 N–H and O–H groups in total. The van der Waals surface area contributed by atoms with Crippen LogP contribution in [0.3, 0.4) is 0 Å². The first-order valence-corrected chi connectivity index (χ1v) is 8.69. The Kier molecular flexibility index (Phi) is 6.61. The predicted octanol–water partition coefficient (Wildman–Crippen LogP) is 3.13. The van der Waals surface area contributed by atoms with Gasteiger partial charge in [-0.3, -0.25) is 0 Å². The van der Waals surface area contributed by atoms with E-state index < -0.39 is 14.8 Å². The number of sulfonamides is 1. The summed E-state index contributed by atoms with van der Waals surface area (Å²) in [6.07, 6.45) is 2.68. The maximum atomic E-state index is 12.7. The molecule has 0 spiro atoms. The quantitative estimate of drug-likeness (QED) is 0.725. The standard InChI is InChI=1S/C15H25FN2O2S/c1-15(2,3)21(19,20)18-12-6-4-5-11-17-14-9-7-13(16)8-10-14/h7-10,17-18H,4-6,11-12H2,1-3H3. The summed E-state index contributed by atoms with van der Waals surface area (Å²) >= 11 is 0. The van der Waals surface area contributed by atoms with Crippen LogP contribution in [0.1, 0.15) is 40.0 Å². The van der Waals surface area contributed by atoms with Crippen LogP contribution in [0.15, 0.2) is 24.3 Å². The third-order valence-corrected chi connectivity index (χ3v) is 5.32. The smallest absolute Gasteiger partial charge is 0.216 e. The van der Waals surface area contributed by atoms with Crippen molar-refractivity contribution in [2.75, 3.05) is 18.4 Å². The summed E-state index contributed by atoms with van der Waals surface area (Å²) in [5.74, 6) is -0.244. The number of rotatable bonds is 8. The Bertz CT molecular complexity index is 522. The highest BCUT2D eigenvalue weighted by Gasteiger charge is 2.27. The zero-order valence-electron chi connectivity index (χ0n) is 12.9. The second kappa shape index (κ2) is 7.75. The zero-order chi connectivity index (χ0) is 15.9. The van der Waals surface area contributed by atoms with Crippen molar-refractivity contribution in [2.45, 2.75) is 44.8 Å². The Morgan fingerprint density at radius 2 is 1.57 bits per heavy atom. The minimum absolute atomic E-state index is 0.244. The van der Waals surface area contributed by atoms with Gasteiger partial charge in [-0.25, -0.2) is 17.5 Å². The maximum Gasteiger partial charge on any atom is 0.216 e. The molecule has 4 nitrogen and oxygen atoms in total.